The number of pyridine rings is 2. The number of nitrogens with one attached hydrogen (secondary N) is 1. The van der Waals surface area contributed by atoms with Crippen molar-refractivity contribution < 1.29 is 26.7 Å². The topological polar surface area (TPSA) is 98.7 Å². The van der Waals surface area contributed by atoms with Crippen molar-refractivity contribution in [3.8, 4) is 11.1 Å². The van der Waals surface area contributed by atoms with Crippen LogP contribution in [-0.4, -0.2) is 66.1 Å². The second-order valence-electron chi connectivity index (χ2n) is 10.0. The Labute approximate surface area is 225 Å². The van der Waals surface area contributed by atoms with E-state index in [1.165, 1.54) is 16.8 Å². The lowest BCUT2D eigenvalue weighted by atomic mass is 9.92. The van der Waals surface area contributed by atoms with Crippen molar-refractivity contribution in [2.45, 2.75) is 54.9 Å². The molecule has 1 aliphatic heterocycles. The maximum Gasteiger partial charge on any atom is 0.417 e. The Hall–Kier alpha value is -3.22. The standard InChI is InChI=1S/C27H30F3N5O3S/c1-34(21-3-2-4-21)26-15-19(11-13-31-26)18-5-8-22(9-6-18)39(37,38)35-14-12-23(24(36)17-35)33-25-10-7-20(16-32-25)27(28,29)30/h5-11,13,15-16,21,23-24,36H,2-4,12,14,17H2,1H3,(H,32,33)/t23-,24+/m1/s1. The summed E-state index contributed by atoms with van der Waals surface area (Å²) in [4.78, 5) is 10.6. The normalized spacial score (nSPS) is 20.8. The first-order valence-corrected chi connectivity index (χ1v) is 14.2. The van der Waals surface area contributed by atoms with Gasteiger partial charge in [0.25, 0.3) is 0 Å². The number of aliphatic hydroxyl groups excluding tert-OH is 1. The van der Waals surface area contributed by atoms with Gasteiger partial charge < -0.3 is 15.3 Å². The molecule has 2 fully saturated rings. The van der Waals surface area contributed by atoms with Gasteiger partial charge in [0, 0.05) is 38.6 Å². The second kappa shape index (κ2) is 10.7. The molecule has 2 N–H and O–H groups in total. The lowest BCUT2D eigenvalue weighted by molar-refractivity contribution is -0.137. The van der Waals surface area contributed by atoms with Crippen LogP contribution < -0.4 is 10.2 Å². The van der Waals surface area contributed by atoms with Gasteiger partial charge in [-0.15, -0.1) is 0 Å². The Morgan fingerprint density at radius 2 is 1.77 bits per heavy atom. The summed E-state index contributed by atoms with van der Waals surface area (Å²) in [6.07, 6.45) is 0.714. The van der Waals surface area contributed by atoms with Gasteiger partial charge in [-0.2, -0.15) is 17.5 Å². The smallest absolute Gasteiger partial charge is 0.390 e. The van der Waals surface area contributed by atoms with E-state index in [0.717, 1.165) is 42.0 Å². The van der Waals surface area contributed by atoms with E-state index in [4.69, 9.17) is 0 Å². The minimum absolute atomic E-state index is 0.120. The number of halogens is 3. The van der Waals surface area contributed by atoms with Gasteiger partial charge in [-0.3, -0.25) is 0 Å². The minimum Gasteiger partial charge on any atom is -0.390 e. The van der Waals surface area contributed by atoms with Crippen LogP contribution >= 0.6 is 0 Å². The number of β-amino-alcohol motifs (C(OH)–C–C–N with tert-alkyl or cyclic N) is 1. The molecule has 208 valence electrons. The van der Waals surface area contributed by atoms with E-state index < -0.39 is 33.9 Å². The summed E-state index contributed by atoms with van der Waals surface area (Å²) in [5.74, 6) is 1.06. The third kappa shape index (κ3) is 5.87. The van der Waals surface area contributed by atoms with Crippen LogP contribution in [0.3, 0.4) is 0 Å². The van der Waals surface area contributed by atoms with E-state index >= 15 is 0 Å². The molecule has 39 heavy (non-hydrogen) atoms. The third-order valence-corrected chi connectivity index (χ3v) is 9.40. The molecule has 0 spiro atoms. The lowest BCUT2D eigenvalue weighted by Crippen LogP contribution is -2.51. The molecule has 0 bridgehead atoms. The summed E-state index contributed by atoms with van der Waals surface area (Å²) in [5, 5.41) is 13.5. The van der Waals surface area contributed by atoms with Gasteiger partial charge in [-0.05, 0) is 73.2 Å². The van der Waals surface area contributed by atoms with E-state index in [-0.39, 0.29) is 30.2 Å². The van der Waals surface area contributed by atoms with E-state index in [9.17, 15) is 26.7 Å². The molecule has 0 radical (unpaired) electrons. The van der Waals surface area contributed by atoms with Gasteiger partial charge >= 0.3 is 6.18 Å². The molecule has 2 aromatic heterocycles. The van der Waals surface area contributed by atoms with E-state index in [2.05, 4.69) is 20.2 Å². The molecule has 3 aromatic rings. The Morgan fingerprint density at radius 3 is 2.36 bits per heavy atom. The molecule has 0 unspecified atom stereocenters. The van der Waals surface area contributed by atoms with Crippen LogP contribution in [0.15, 0.2) is 65.8 Å². The highest BCUT2D eigenvalue weighted by molar-refractivity contribution is 7.89. The summed E-state index contributed by atoms with van der Waals surface area (Å²) in [7, 11) is -1.82. The number of aliphatic hydroxyl groups is 1. The number of piperidine rings is 1. The molecule has 2 aliphatic rings. The highest BCUT2D eigenvalue weighted by Gasteiger charge is 2.35. The number of benzene rings is 1. The lowest BCUT2D eigenvalue weighted by Gasteiger charge is -2.35. The number of hydrogen-bond donors (Lipinski definition) is 2. The highest BCUT2D eigenvalue weighted by atomic mass is 32.2. The summed E-state index contributed by atoms with van der Waals surface area (Å²) in [6.45, 7) is -0.00966. The maximum absolute atomic E-state index is 13.3. The molecule has 1 aliphatic carbocycles. The first-order valence-electron chi connectivity index (χ1n) is 12.8. The van der Waals surface area contributed by atoms with Gasteiger partial charge in [-0.1, -0.05) is 12.1 Å². The zero-order valence-corrected chi connectivity index (χ0v) is 22.2. The first-order chi connectivity index (χ1) is 18.5. The number of nitrogens with zero attached hydrogens (tertiary/aromatic N) is 4. The zero-order chi connectivity index (χ0) is 27.8. The second-order valence-corrected chi connectivity index (χ2v) is 12.0. The summed E-state index contributed by atoms with van der Waals surface area (Å²) >= 11 is 0. The fourth-order valence-corrected chi connectivity index (χ4v) is 6.32. The molecule has 2 atom stereocenters. The van der Waals surface area contributed by atoms with E-state index in [1.807, 2.05) is 19.2 Å². The predicted octanol–water partition coefficient (Wildman–Crippen LogP) is 4.39. The fourth-order valence-electron chi connectivity index (χ4n) is 4.85. The summed E-state index contributed by atoms with van der Waals surface area (Å²) < 4.78 is 66.1. The largest absolute Gasteiger partial charge is 0.417 e. The van der Waals surface area contributed by atoms with Crippen molar-refractivity contribution in [1.29, 1.82) is 0 Å². The Kier molecular flexibility index (Phi) is 7.53. The summed E-state index contributed by atoms with van der Waals surface area (Å²) in [5.41, 5.74) is 0.937. The van der Waals surface area contributed by atoms with E-state index in [0.29, 0.717) is 6.04 Å². The van der Waals surface area contributed by atoms with Crippen LogP contribution in [0.2, 0.25) is 0 Å². The molecule has 1 aromatic carbocycles. The van der Waals surface area contributed by atoms with Gasteiger partial charge in [0.2, 0.25) is 10.0 Å². The monoisotopic (exact) mass is 561 g/mol. The van der Waals surface area contributed by atoms with Crippen LogP contribution in [0.1, 0.15) is 31.2 Å². The number of anilines is 2. The molecule has 8 nitrogen and oxygen atoms in total. The predicted molar refractivity (Wildman–Crippen MR) is 142 cm³/mol. The molecule has 1 saturated heterocycles. The van der Waals surface area contributed by atoms with E-state index in [1.54, 1.807) is 30.5 Å². The molecule has 3 heterocycles. The molecular formula is C27H30F3N5O3S. The summed E-state index contributed by atoms with van der Waals surface area (Å²) in [6, 6.07) is 12.6. The SMILES string of the molecule is CN(c1cc(-c2ccc(S(=O)(=O)N3CC[C@@H](Nc4ccc(C(F)(F)F)cn4)[C@@H](O)C3)cc2)ccn1)C1CCC1. The first kappa shape index (κ1) is 27.4. The van der Waals surface area contributed by atoms with Gasteiger partial charge in [0.05, 0.1) is 22.6 Å². The van der Waals surface area contributed by atoms with Crippen LogP contribution in [0.5, 0.6) is 0 Å². The number of aromatic nitrogens is 2. The fraction of sp³-hybridized carbons (Fsp3) is 0.407. The average Bonchev–Trinajstić information content (AvgIpc) is 2.89. The van der Waals surface area contributed by atoms with Crippen molar-refractivity contribution in [2.24, 2.45) is 0 Å². The zero-order valence-electron chi connectivity index (χ0n) is 21.3. The molecule has 12 heteroatoms. The third-order valence-electron chi connectivity index (χ3n) is 7.52. The number of alkyl halides is 3. The quantitative estimate of drug-likeness (QED) is 0.442. The molecule has 0 amide bonds. The molecule has 5 rings (SSSR count). The van der Waals surface area contributed by atoms with Crippen LogP contribution in [0.25, 0.3) is 11.1 Å². The number of rotatable bonds is 7. The van der Waals surface area contributed by atoms with Crippen molar-refractivity contribution in [3.63, 3.8) is 0 Å². The van der Waals surface area contributed by atoms with Crippen molar-refractivity contribution >= 4 is 21.7 Å². The highest BCUT2D eigenvalue weighted by Crippen LogP contribution is 2.31. The molecular weight excluding hydrogens is 531 g/mol. The maximum atomic E-state index is 13.3. The van der Waals surface area contributed by atoms with Crippen molar-refractivity contribution in [2.75, 3.05) is 30.4 Å². The van der Waals surface area contributed by atoms with Crippen molar-refractivity contribution in [1.82, 2.24) is 14.3 Å². The van der Waals surface area contributed by atoms with Gasteiger partial charge in [0.15, 0.2) is 0 Å². The Bertz CT molecular complexity index is 1400. The van der Waals surface area contributed by atoms with Crippen LogP contribution in [0, 0.1) is 0 Å². The van der Waals surface area contributed by atoms with Gasteiger partial charge in [0.1, 0.15) is 11.6 Å². The average molecular weight is 562 g/mol. The van der Waals surface area contributed by atoms with Crippen LogP contribution in [-0.2, 0) is 16.2 Å². The van der Waals surface area contributed by atoms with Crippen LogP contribution in [0.4, 0.5) is 24.8 Å². The van der Waals surface area contributed by atoms with Gasteiger partial charge in [-0.25, -0.2) is 18.4 Å². The Balaban J connectivity index is 1.23. The Morgan fingerprint density at radius 1 is 1.03 bits per heavy atom. The molecule has 1 saturated carbocycles. The number of hydrogen-bond acceptors (Lipinski definition) is 7. The van der Waals surface area contributed by atoms with Crippen molar-refractivity contribution in [3.05, 3.63) is 66.5 Å². The minimum atomic E-state index is -4.49. The number of sulfonamides is 1.